The standard InChI is InChI=1S/C30H60N6O4/c1-31(2)10-16-38-19-13-34(7)24-27-22-28(25-35(8)14-20-39-17-11-32(3)4)30(37)29(23-27)26-36(9)15-21-40-18-12-33(5)6/h22-23,37H,10-21,24-26H2,1-9H3. The van der Waals surface area contributed by atoms with Crippen molar-refractivity contribution < 1.29 is 19.3 Å². The average molecular weight is 569 g/mol. The molecule has 0 aliphatic carbocycles. The summed E-state index contributed by atoms with van der Waals surface area (Å²) < 4.78 is 17.4. The molecule has 0 aromatic heterocycles. The number of hydrogen-bond acceptors (Lipinski definition) is 10. The Morgan fingerprint density at radius 3 is 1.10 bits per heavy atom. The van der Waals surface area contributed by atoms with Crippen molar-refractivity contribution in [1.29, 1.82) is 0 Å². The molecule has 0 radical (unpaired) electrons. The summed E-state index contributed by atoms with van der Waals surface area (Å²) in [5.74, 6) is 0.388. The molecule has 0 aliphatic heterocycles. The molecule has 0 atom stereocenters. The zero-order chi connectivity index (χ0) is 29.9. The van der Waals surface area contributed by atoms with Crippen LogP contribution >= 0.6 is 0 Å². The van der Waals surface area contributed by atoms with Crippen molar-refractivity contribution in [1.82, 2.24) is 29.4 Å². The molecular formula is C30H60N6O4. The third-order valence-corrected chi connectivity index (χ3v) is 6.56. The molecule has 0 bridgehead atoms. The SMILES string of the molecule is CN(C)CCOCCN(C)Cc1cc(CN(C)CCOCCN(C)C)c(O)c(CN(C)CCOCCN(C)C)c1. The van der Waals surface area contributed by atoms with Crippen molar-refractivity contribution in [3.05, 3.63) is 28.8 Å². The molecule has 1 aromatic carbocycles. The van der Waals surface area contributed by atoms with Crippen molar-refractivity contribution in [3.63, 3.8) is 0 Å². The highest BCUT2D eigenvalue weighted by Crippen LogP contribution is 2.27. The molecule has 10 heteroatoms. The zero-order valence-electron chi connectivity index (χ0n) is 27.1. The van der Waals surface area contributed by atoms with Gasteiger partial charge in [-0.05, 0) is 81.1 Å². The van der Waals surface area contributed by atoms with Gasteiger partial charge in [0.2, 0.25) is 0 Å². The predicted octanol–water partition coefficient (Wildman–Crippen LogP) is 1.42. The Morgan fingerprint density at radius 2 is 0.775 bits per heavy atom. The second-order valence-corrected chi connectivity index (χ2v) is 11.7. The van der Waals surface area contributed by atoms with Crippen LogP contribution in [0.1, 0.15) is 16.7 Å². The van der Waals surface area contributed by atoms with Crippen LogP contribution in [0.25, 0.3) is 0 Å². The lowest BCUT2D eigenvalue weighted by molar-refractivity contribution is 0.0964. The molecule has 0 unspecified atom stereocenters. The molecule has 0 fully saturated rings. The molecule has 0 spiro atoms. The van der Waals surface area contributed by atoms with E-state index in [2.05, 4.69) is 76.8 Å². The number of rotatable bonds is 24. The van der Waals surface area contributed by atoms with Gasteiger partial charge in [0.05, 0.1) is 39.6 Å². The van der Waals surface area contributed by atoms with Crippen LogP contribution in [0.4, 0.5) is 0 Å². The van der Waals surface area contributed by atoms with Crippen LogP contribution in [0, 0.1) is 0 Å². The molecule has 0 amide bonds. The van der Waals surface area contributed by atoms with E-state index in [0.717, 1.165) is 76.8 Å². The monoisotopic (exact) mass is 568 g/mol. The van der Waals surface area contributed by atoms with E-state index >= 15 is 0 Å². The summed E-state index contributed by atoms with van der Waals surface area (Å²) in [5, 5.41) is 11.3. The van der Waals surface area contributed by atoms with E-state index in [4.69, 9.17) is 14.2 Å². The maximum atomic E-state index is 11.3. The molecule has 0 aliphatic rings. The number of phenols is 1. The Hall–Kier alpha value is -1.34. The van der Waals surface area contributed by atoms with Gasteiger partial charge in [-0.15, -0.1) is 0 Å². The Labute approximate surface area is 245 Å². The fourth-order valence-electron chi connectivity index (χ4n) is 4.00. The van der Waals surface area contributed by atoms with Gasteiger partial charge in [-0.25, -0.2) is 0 Å². The topological polar surface area (TPSA) is 67.4 Å². The van der Waals surface area contributed by atoms with Gasteiger partial charge in [0.15, 0.2) is 0 Å². The number of likely N-dealkylation sites (N-methyl/N-ethyl adjacent to an activating group) is 6. The van der Waals surface area contributed by atoms with Gasteiger partial charge in [-0.1, -0.05) is 0 Å². The van der Waals surface area contributed by atoms with Gasteiger partial charge in [0.1, 0.15) is 5.75 Å². The Balaban J connectivity index is 2.81. The summed E-state index contributed by atoms with van der Waals surface area (Å²) in [5.41, 5.74) is 3.11. The summed E-state index contributed by atoms with van der Waals surface area (Å²) >= 11 is 0. The first-order valence-electron chi connectivity index (χ1n) is 14.5. The van der Waals surface area contributed by atoms with Crippen molar-refractivity contribution in [2.24, 2.45) is 0 Å². The Kier molecular flexibility index (Phi) is 19.6. The van der Waals surface area contributed by atoms with Gasteiger partial charge in [-0.3, -0.25) is 14.7 Å². The first kappa shape index (κ1) is 36.7. The van der Waals surface area contributed by atoms with E-state index in [9.17, 15) is 5.11 Å². The number of nitrogens with zero attached hydrogens (tertiary/aromatic N) is 6. The van der Waals surface area contributed by atoms with Gasteiger partial charge >= 0.3 is 0 Å². The second kappa shape index (κ2) is 21.4. The molecule has 1 N–H and O–H groups in total. The number of benzene rings is 1. The van der Waals surface area contributed by atoms with Crippen LogP contribution in [0.3, 0.4) is 0 Å². The van der Waals surface area contributed by atoms with Crippen LogP contribution < -0.4 is 0 Å². The minimum absolute atomic E-state index is 0.388. The van der Waals surface area contributed by atoms with E-state index in [-0.39, 0.29) is 0 Å². The van der Waals surface area contributed by atoms with Crippen LogP contribution in [-0.4, -0.2) is 177 Å². The zero-order valence-corrected chi connectivity index (χ0v) is 27.1. The molecule has 1 aromatic rings. The van der Waals surface area contributed by atoms with Gasteiger partial charge in [-0.2, -0.15) is 0 Å². The normalized spacial score (nSPS) is 12.4. The largest absolute Gasteiger partial charge is 0.507 e. The predicted molar refractivity (Wildman–Crippen MR) is 165 cm³/mol. The lowest BCUT2D eigenvalue weighted by atomic mass is 10.0. The highest BCUT2D eigenvalue weighted by molar-refractivity contribution is 5.44. The molecule has 0 heterocycles. The lowest BCUT2D eigenvalue weighted by Crippen LogP contribution is -2.27. The highest BCUT2D eigenvalue weighted by atomic mass is 16.5. The first-order chi connectivity index (χ1) is 19.0. The smallest absolute Gasteiger partial charge is 0.124 e. The summed E-state index contributed by atoms with van der Waals surface area (Å²) in [4.78, 5) is 13.1. The fourth-order valence-corrected chi connectivity index (χ4v) is 4.00. The molecule has 0 saturated carbocycles. The molecular weight excluding hydrogens is 508 g/mol. The number of aromatic hydroxyl groups is 1. The molecule has 1 rings (SSSR count). The van der Waals surface area contributed by atoms with Gasteiger partial charge in [0, 0.05) is 70.0 Å². The molecule has 40 heavy (non-hydrogen) atoms. The minimum Gasteiger partial charge on any atom is -0.507 e. The van der Waals surface area contributed by atoms with Crippen molar-refractivity contribution >= 4 is 0 Å². The molecule has 0 saturated heterocycles. The van der Waals surface area contributed by atoms with Crippen molar-refractivity contribution in [3.8, 4) is 5.75 Å². The highest BCUT2D eigenvalue weighted by Gasteiger charge is 2.15. The summed E-state index contributed by atoms with van der Waals surface area (Å²) in [6, 6.07) is 4.30. The summed E-state index contributed by atoms with van der Waals surface area (Å²) in [6.45, 7) is 11.6. The van der Waals surface area contributed by atoms with Crippen LogP contribution in [0.2, 0.25) is 0 Å². The van der Waals surface area contributed by atoms with E-state index in [1.807, 2.05) is 28.2 Å². The van der Waals surface area contributed by atoms with E-state index in [1.165, 1.54) is 5.56 Å². The van der Waals surface area contributed by atoms with Crippen molar-refractivity contribution in [2.45, 2.75) is 19.6 Å². The molecule has 234 valence electrons. The fraction of sp³-hybridized carbons (Fsp3) is 0.800. The minimum atomic E-state index is 0.388. The van der Waals surface area contributed by atoms with Crippen LogP contribution in [-0.2, 0) is 33.8 Å². The van der Waals surface area contributed by atoms with Gasteiger partial charge in [0.25, 0.3) is 0 Å². The maximum absolute atomic E-state index is 11.3. The quantitative estimate of drug-likeness (QED) is 0.185. The number of phenolic OH excluding ortho intramolecular Hbond substituents is 1. The van der Waals surface area contributed by atoms with E-state index in [0.29, 0.717) is 38.7 Å². The number of hydrogen-bond donors (Lipinski definition) is 1. The Morgan fingerprint density at radius 1 is 0.475 bits per heavy atom. The lowest BCUT2D eigenvalue weighted by Gasteiger charge is -2.24. The average Bonchev–Trinajstić information content (AvgIpc) is 2.85. The third-order valence-electron chi connectivity index (χ3n) is 6.56. The Bertz CT molecular complexity index is 734. The first-order valence-corrected chi connectivity index (χ1v) is 14.5. The number of ether oxygens (including phenoxy) is 3. The second-order valence-electron chi connectivity index (χ2n) is 11.7. The van der Waals surface area contributed by atoms with Crippen LogP contribution in [0.15, 0.2) is 12.1 Å². The summed E-state index contributed by atoms with van der Waals surface area (Å²) in [7, 11) is 18.6. The van der Waals surface area contributed by atoms with E-state index < -0.39 is 0 Å². The summed E-state index contributed by atoms with van der Waals surface area (Å²) in [6.07, 6.45) is 0. The third kappa shape index (κ3) is 18.2. The van der Waals surface area contributed by atoms with E-state index in [1.54, 1.807) is 0 Å². The maximum Gasteiger partial charge on any atom is 0.124 e. The molecule has 10 nitrogen and oxygen atoms in total. The van der Waals surface area contributed by atoms with Gasteiger partial charge < -0.3 is 34.0 Å². The van der Waals surface area contributed by atoms with Crippen molar-refractivity contribution in [2.75, 3.05) is 142 Å². The van der Waals surface area contributed by atoms with Crippen LogP contribution in [0.5, 0.6) is 5.75 Å².